The predicted molar refractivity (Wildman–Crippen MR) is 156 cm³/mol. The van der Waals surface area contributed by atoms with E-state index in [4.69, 9.17) is 4.74 Å². The van der Waals surface area contributed by atoms with Crippen LogP contribution in [0, 0.1) is 5.92 Å². The lowest BCUT2D eigenvalue weighted by atomic mass is 9.83. The SMILES string of the molecule is CN(C)c1ccc([C@@H]2c3sc(=O)n(CC(=O)N4CCOCC4)c3S[C@H]3C(=O)N(c4ccccc4C(F)(F)F)C(=O)[C@@H]23)cc1. The highest BCUT2D eigenvalue weighted by atomic mass is 32.2. The highest BCUT2D eigenvalue weighted by Gasteiger charge is 2.57. The molecule has 3 atom stereocenters. The molecule has 3 aliphatic rings. The van der Waals surface area contributed by atoms with E-state index in [2.05, 4.69) is 0 Å². The Labute approximate surface area is 252 Å². The van der Waals surface area contributed by atoms with Crippen LogP contribution in [0.15, 0.2) is 58.4 Å². The number of rotatable bonds is 5. The zero-order valence-corrected chi connectivity index (χ0v) is 24.8. The number of benzene rings is 2. The minimum absolute atomic E-state index is 0.260. The average Bonchev–Trinajstić information content (AvgIpc) is 3.43. The largest absolute Gasteiger partial charge is 0.418 e. The molecule has 0 unspecified atom stereocenters. The number of thioether (sulfide) groups is 1. The van der Waals surface area contributed by atoms with Gasteiger partial charge in [0.15, 0.2) is 0 Å². The van der Waals surface area contributed by atoms with Gasteiger partial charge in [-0.15, -0.1) is 0 Å². The third-order valence-corrected chi connectivity index (χ3v) is 10.5. The molecule has 0 bridgehead atoms. The van der Waals surface area contributed by atoms with Crippen molar-refractivity contribution in [2.75, 3.05) is 50.2 Å². The maximum atomic E-state index is 14.0. The van der Waals surface area contributed by atoms with Gasteiger partial charge in [-0.05, 0) is 29.8 Å². The molecule has 3 aromatic rings. The van der Waals surface area contributed by atoms with Crippen LogP contribution in [0.25, 0.3) is 0 Å². The number of carbonyl (C=O) groups is 3. The first-order chi connectivity index (χ1) is 20.5. The van der Waals surface area contributed by atoms with Crippen molar-refractivity contribution in [3.63, 3.8) is 0 Å². The average molecular weight is 633 g/mol. The summed E-state index contributed by atoms with van der Waals surface area (Å²) in [7, 11) is 3.74. The number of nitrogens with zero attached hydrogens (tertiary/aromatic N) is 4. The number of ether oxygens (including phenoxy) is 1. The summed E-state index contributed by atoms with van der Waals surface area (Å²) in [5.74, 6) is -3.67. The fourth-order valence-corrected chi connectivity index (χ4v) is 8.56. The summed E-state index contributed by atoms with van der Waals surface area (Å²) in [4.78, 5) is 58.6. The lowest BCUT2D eigenvalue weighted by Crippen LogP contribution is -2.43. The van der Waals surface area contributed by atoms with Crippen LogP contribution >= 0.6 is 23.1 Å². The third-order valence-electron chi connectivity index (χ3n) is 7.93. The minimum Gasteiger partial charge on any atom is -0.378 e. The van der Waals surface area contributed by atoms with E-state index in [0.29, 0.717) is 46.7 Å². The Hall–Kier alpha value is -3.62. The summed E-state index contributed by atoms with van der Waals surface area (Å²) >= 11 is 1.86. The Bertz CT molecular complexity index is 1650. The second-order valence-corrected chi connectivity index (χ2v) is 12.8. The van der Waals surface area contributed by atoms with Gasteiger partial charge in [-0.3, -0.25) is 23.7 Å². The first-order valence-electron chi connectivity index (χ1n) is 13.5. The quantitative estimate of drug-likeness (QED) is 0.397. The van der Waals surface area contributed by atoms with Crippen LogP contribution in [0.3, 0.4) is 0 Å². The molecule has 2 fully saturated rings. The molecule has 226 valence electrons. The number of aromatic nitrogens is 1. The van der Waals surface area contributed by atoms with Gasteiger partial charge in [-0.2, -0.15) is 13.2 Å². The molecule has 0 saturated carbocycles. The Balaban J connectivity index is 1.46. The molecular weight excluding hydrogens is 605 g/mol. The highest BCUT2D eigenvalue weighted by Crippen LogP contribution is 2.54. The molecule has 3 aliphatic heterocycles. The predicted octanol–water partition coefficient (Wildman–Crippen LogP) is 3.65. The molecule has 2 saturated heterocycles. The van der Waals surface area contributed by atoms with Gasteiger partial charge in [-0.1, -0.05) is 47.4 Å². The zero-order chi connectivity index (χ0) is 30.6. The smallest absolute Gasteiger partial charge is 0.378 e. The van der Waals surface area contributed by atoms with Crippen LogP contribution < -0.4 is 14.7 Å². The Morgan fingerprint density at radius 3 is 2.33 bits per heavy atom. The summed E-state index contributed by atoms with van der Waals surface area (Å²) in [6.07, 6.45) is -4.79. The van der Waals surface area contributed by atoms with Gasteiger partial charge < -0.3 is 14.5 Å². The monoisotopic (exact) mass is 632 g/mol. The van der Waals surface area contributed by atoms with E-state index in [1.807, 2.05) is 31.1 Å². The summed E-state index contributed by atoms with van der Waals surface area (Å²) in [6, 6.07) is 11.8. The van der Waals surface area contributed by atoms with Crippen molar-refractivity contribution < 1.29 is 32.3 Å². The molecule has 9 nitrogen and oxygen atoms in total. The second kappa shape index (κ2) is 11.1. The first kappa shape index (κ1) is 29.5. The molecule has 0 aliphatic carbocycles. The molecule has 1 aromatic heterocycles. The molecule has 0 N–H and O–H groups in total. The summed E-state index contributed by atoms with van der Waals surface area (Å²) in [5, 5.41) is -0.717. The highest BCUT2D eigenvalue weighted by molar-refractivity contribution is 8.00. The van der Waals surface area contributed by atoms with Crippen LogP contribution in [0.1, 0.15) is 21.9 Å². The summed E-state index contributed by atoms with van der Waals surface area (Å²) in [5.41, 5.74) is -0.0933. The summed E-state index contributed by atoms with van der Waals surface area (Å²) < 4.78 is 48.6. The van der Waals surface area contributed by atoms with Crippen molar-refractivity contribution in [2.45, 2.75) is 28.9 Å². The minimum atomic E-state index is -4.79. The fourth-order valence-electron chi connectivity index (χ4n) is 5.79. The Morgan fingerprint density at radius 1 is 1.00 bits per heavy atom. The van der Waals surface area contributed by atoms with Gasteiger partial charge >= 0.3 is 11.0 Å². The number of anilines is 2. The van der Waals surface area contributed by atoms with Crippen molar-refractivity contribution in [1.29, 1.82) is 0 Å². The normalized spacial score (nSPS) is 22.0. The molecular formula is C29H27F3N4O5S2. The van der Waals surface area contributed by atoms with Crippen LogP contribution in [0.5, 0.6) is 0 Å². The van der Waals surface area contributed by atoms with Crippen LogP contribution in [-0.4, -0.2) is 72.8 Å². The number of fused-ring (bicyclic) bond motifs is 2. The summed E-state index contributed by atoms with van der Waals surface area (Å²) in [6.45, 7) is 1.29. The standard InChI is InChI=1S/C29H27F3N4O5S2/c1-33(2)17-9-7-16(8-10-17)21-22-23(26(39)36(25(22)38)19-6-4-3-5-18(19)29(30,31)32)42-27-24(21)43-28(40)35(27)15-20(37)34-11-13-41-14-12-34/h3-10,21-23H,11-15H2,1-2H3/t21-,22-,23+/m0/s1. The number of amides is 3. The molecule has 14 heteroatoms. The van der Waals surface area contributed by atoms with Gasteiger partial charge in [0.1, 0.15) is 11.8 Å². The number of morpholine rings is 1. The number of imide groups is 1. The lowest BCUT2D eigenvalue weighted by Gasteiger charge is -2.31. The van der Waals surface area contributed by atoms with Gasteiger partial charge in [0.05, 0.1) is 35.4 Å². The maximum absolute atomic E-state index is 14.0. The van der Waals surface area contributed by atoms with E-state index < -0.39 is 51.2 Å². The Kier molecular flexibility index (Phi) is 7.63. The molecule has 0 radical (unpaired) electrons. The van der Waals surface area contributed by atoms with Crippen molar-refractivity contribution in [2.24, 2.45) is 5.92 Å². The number of thiazole rings is 1. The molecule has 43 heavy (non-hydrogen) atoms. The van der Waals surface area contributed by atoms with E-state index >= 15 is 0 Å². The van der Waals surface area contributed by atoms with Crippen LogP contribution in [-0.2, 0) is 31.8 Å². The number of halogens is 3. The van der Waals surface area contributed by atoms with Gasteiger partial charge in [-0.25, -0.2) is 4.90 Å². The number of hydrogen-bond acceptors (Lipinski definition) is 8. The second-order valence-electron chi connectivity index (χ2n) is 10.7. The van der Waals surface area contributed by atoms with E-state index in [-0.39, 0.29) is 12.5 Å². The molecule has 6 rings (SSSR count). The van der Waals surface area contributed by atoms with Crippen LogP contribution in [0.4, 0.5) is 24.5 Å². The maximum Gasteiger partial charge on any atom is 0.418 e. The van der Waals surface area contributed by atoms with Crippen molar-refractivity contribution in [3.05, 3.63) is 74.2 Å². The molecule has 0 spiro atoms. The third kappa shape index (κ3) is 5.14. The fraction of sp³-hybridized carbons (Fsp3) is 0.379. The van der Waals surface area contributed by atoms with E-state index in [1.165, 1.54) is 16.7 Å². The van der Waals surface area contributed by atoms with Gasteiger partial charge in [0.25, 0.3) is 0 Å². The first-order valence-corrected chi connectivity index (χ1v) is 15.2. The molecule has 4 heterocycles. The number of para-hydroxylation sites is 1. The van der Waals surface area contributed by atoms with Crippen molar-refractivity contribution in [3.8, 4) is 0 Å². The number of hydrogen-bond donors (Lipinski definition) is 0. The lowest BCUT2D eigenvalue weighted by molar-refractivity contribution is -0.137. The molecule has 2 aromatic carbocycles. The Morgan fingerprint density at radius 2 is 1.67 bits per heavy atom. The zero-order valence-electron chi connectivity index (χ0n) is 23.2. The van der Waals surface area contributed by atoms with Gasteiger partial charge in [0, 0.05) is 43.7 Å². The molecule has 3 amide bonds. The number of alkyl halides is 3. The van der Waals surface area contributed by atoms with E-state index in [0.717, 1.165) is 40.9 Å². The van der Waals surface area contributed by atoms with Crippen LogP contribution in [0.2, 0.25) is 0 Å². The van der Waals surface area contributed by atoms with E-state index in [1.54, 1.807) is 17.0 Å². The number of carbonyl (C=O) groups excluding carboxylic acids is 3. The van der Waals surface area contributed by atoms with E-state index in [9.17, 15) is 32.3 Å². The topological polar surface area (TPSA) is 92.2 Å². The van der Waals surface area contributed by atoms with Crippen molar-refractivity contribution in [1.82, 2.24) is 9.47 Å². The van der Waals surface area contributed by atoms with Crippen molar-refractivity contribution >= 4 is 52.2 Å². The van der Waals surface area contributed by atoms with Gasteiger partial charge in [0.2, 0.25) is 17.7 Å².